The molecular formula is C11H19N3O3. The van der Waals surface area contributed by atoms with E-state index in [4.69, 9.17) is 5.11 Å². The number of hydrogen-bond acceptors (Lipinski definition) is 4. The van der Waals surface area contributed by atoms with Crippen LogP contribution >= 0.6 is 0 Å². The second-order valence-corrected chi connectivity index (χ2v) is 4.31. The van der Waals surface area contributed by atoms with Gasteiger partial charge < -0.3 is 15.5 Å². The third-order valence-electron chi connectivity index (χ3n) is 2.57. The number of carboxylic acid groups (broad SMARTS) is 1. The molecule has 0 aliphatic rings. The SMILES string of the molecule is CCc1nn(C)cc1CNCC(C)(O)C(=O)O. The quantitative estimate of drug-likeness (QED) is 0.648. The van der Waals surface area contributed by atoms with Crippen LogP contribution in [0.15, 0.2) is 6.20 Å². The molecule has 3 N–H and O–H groups in total. The summed E-state index contributed by atoms with van der Waals surface area (Å²) in [5.41, 5.74) is 0.264. The summed E-state index contributed by atoms with van der Waals surface area (Å²) in [7, 11) is 1.84. The van der Waals surface area contributed by atoms with Crippen molar-refractivity contribution in [1.29, 1.82) is 0 Å². The summed E-state index contributed by atoms with van der Waals surface area (Å²) in [6.45, 7) is 3.78. The topological polar surface area (TPSA) is 87.4 Å². The Balaban J connectivity index is 2.54. The molecule has 0 saturated carbocycles. The van der Waals surface area contributed by atoms with Crippen LogP contribution in [-0.4, -0.2) is 38.1 Å². The number of carboxylic acids is 1. The Labute approximate surface area is 100 Å². The largest absolute Gasteiger partial charge is 0.479 e. The van der Waals surface area contributed by atoms with Gasteiger partial charge in [0, 0.05) is 31.9 Å². The van der Waals surface area contributed by atoms with Gasteiger partial charge in [0.15, 0.2) is 5.60 Å². The molecule has 1 aromatic heterocycles. The highest BCUT2D eigenvalue weighted by molar-refractivity contribution is 5.76. The van der Waals surface area contributed by atoms with Crippen LogP contribution in [0.2, 0.25) is 0 Å². The molecule has 1 aromatic rings. The average Bonchev–Trinajstić information content (AvgIpc) is 2.58. The van der Waals surface area contributed by atoms with Crippen molar-refractivity contribution in [3.8, 4) is 0 Å². The van der Waals surface area contributed by atoms with E-state index in [0.29, 0.717) is 6.54 Å². The van der Waals surface area contributed by atoms with E-state index in [2.05, 4.69) is 10.4 Å². The Morgan fingerprint density at radius 3 is 2.82 bits per heavy atom. The Bertz CT molecular complexity index is 399. The van der Waals surface area contributed by atoms with E-state index >= 15 is 0 Å². The smallest absolute Gasteiger partial charge is 0.336 e. The Hall–Kier alpha value is -1.40. The van der Waals surface area contributed by atoms with Crippen molar-refractivity contribution in [1.82, 2.24) is 15.1 Å². The molecule has 0 bridgehead atoms. The number of aromatic nitrogens is 2. The molecular weight excluding hydrogens is 222 g/mol. The van der Waals surface area contributed by atoms with E-state index in [-0.39, 0.29) is 6.54 Å². The molecule has 0 aliphatic heterocycles. The Morgan fingerprint density at radius 1 is 1.65 bits per heavy atom. The minimum atomic E-state index is -1.74. The molecule has 0 aliphatic carbocycles. The van der Waals surface area contributed by atoms with Crippen LogP contribution in [0.1, 0.15) is 25.1 Å². The van der Waals surface area contributed by atoms with Crippen molar-refractivity contribution in [2.24, 2.45) is 7.05 Å². The second kappa shape index (κ2) is 5.29. The number of rotatable bonds is 6. The lowest BCUT2D eigenvalue weighted by molar-refractivity contribution is -0.156. The van der Waals surface area contributed by atoms with Crippen molar-refractivity contribution >= 4 is 5.97 Å². The summed E-state index contributed by atoms with van der Waals surface area (Å²) < 4.78 is 1.73. The normalized spacial score (nSPS) is 14.6. The third-order valence-corrected chi connectivity index (χ3v) is 2.57. The molecule has 96 valence electrons. The summed E-state index contributed by atoms with van der Waals surface area (Å²) >= 11 is 0. The first-order chi connectivity index (χ1) is 7.86. The fourth-order valence-electron chi connectivity index (χ4n) is 1.55. The lowest BCUT2D eigenvalue weighted by atomic mass is 10.1. The molecule has 6 heteroatoms. The van der Waals surface area contributed by atoms with Crippen LogP contribution in [0.4, 0.5) is 0 Å². The predicted octanol–water partition coefficient (Wildman–Crippen LogP) is -0.0923. The van der Waals surface area contributed by atoms with Gasteiger partial charge in [-0.2, -0.15) is 5.10 Å². The molecule has 1 atom stereocenters. The molecule has 0 spiro atoms. The van der Waals surface area contributed by atoms with Gasteiger partial charge in [0.25, 0.3) is 0 Å². The maximum atomic E-state index is 10.7. The van der Waals surface area contributed by atoms with Crippen molar-refractivity contribution in [3.05, 3.63) is 17.5 Å². The molecule has 0 aromatic carbocycles. The highest BCUT2D eigenvalue weighted by atomic mass is 16.4. The first kappa shape index (κ1) is 13.7. The monoisotopic (exact) mass is 241 g/mol. The first-order valence-corrected chi connectivity index (χ1v) is 5.54. The van der Waals surface area contributed by atoms with E-state index in [9.17, 15) is 9.90 Å². The van der Waals surface area contributed by atoms with Gasteiger partial charge >= 0.3 is 5.97 Å². The van der Waals surface area contributed by atoms with Crippen LogP contribution in [0.5, 0.6) is 0 Å². The zero-order valence-electron chi connectivity index (χ0n) is 10.4. The van der Waals surface area contributed by atoms with E-state index < -0.39 is 11.6 Å². The number of carbonyl (C=O) groups is 1. The zero-order chi connectivity index (χ0) is 13.1. The Kier molecular flexibility index (Phi) is 4.25. The number of nitrogens with zero attached hydrogens (tertiary/aromatic N) is 2. The molecule has 1 heterocycles. The molecule has 0 amide bonds. The fourth-order valence-corrected chi connectivity index (χ4v) is 1.55. The molecule has 1 rings (SSSR count). The van der Waals surface area contributed by atoms with Crippen LogP contribution in [0.3, 0.4) is 0 Å². The highest BCUT2D eigenvalue weighted by Gasteiger charge is 2.29. The van der Waals surface area contributed by atoms with Gasteiger partial charge in [-0.25, -0.2) is 4.79 Å². The number of nitrogens with one attached hydrogen (secondary N) is 1. The minimum absolute atomic E-state index is 0.000379. The third kappa shape index (κ3) is 3.54. The van der Waals surface area contributed by atoms with Gasteiger partial charge in [-0.1, -0.05) is 6.92 Å². The van der Waals surface area contributed by atoms with Gasteiger partial charge in [-0.15, -0.1) is 0 Å². The maximum absolute atomic E-state index is 10.7. The molecule has 0 radical (unpaired) electrons. The van der Waals surface area contributed by atoms with Gasteiger partial charge in [-0.3, -0.25) is 4.68 Å². The van der Waals surface area contributed by atoms with Gasteiger partial charge in [0.2, 0.25) is 0 Å². The van der Waals surface area contributed by atoms with Gasteiger partial charge in [0.05, 0.1) is 5.69 Å². The number of aryl methyl sites for hydroxylation is 2. The van der Waals surface area contributed by atoms with Gasteiger partial charge in [-0.05, 0) is 13.3 Å². The summed E-state index contributed by atoms with van der Waals surface area (Å²) in [5, 5.41) is 25.5. The van der Waals surface area contributed by atoms with Crippen LogP contribution in [-0.2, 0) is 24.8 Å². The zero-order valence-corrected chi connectivity index (χ0v) is 10.4. The highest BCUT2D eigenvalue weighted by Crippen LogP contribution is 2.07. The molecule has 0 fully saturated rings. The van der Waals surface area contributed by atoms with Crippen molar-refractivity contribution < 1.29 is 15.0 Å². The number of aliphatic carboxylic acids is 1. The van der Waals surface area contributed by atoms with Crippen LogP contribution < -0.4 is 5.32 Å². The van der Waals surface area contributed by atoms with Gasteiger partial charge in [0.1, 0.15) is 0 Å². The summed E-state index contributed by atoms with van der Waals surface area (Å²) in [5.74, 6) is -1.23. The average molecular weight is 241 g/mol. The van der Waals surface area contributed by atoms with E-state index in [1.165, 1.54) is 6.92 Å². The Morgan fingerprint density at radius 2 is 2.29 bits per heavy atom. The molecule has 1 unspecified atom stereocenters. The molecule has 6 nitrogen and oxygen atoms in total. The standard InChI is InChI=1S/C11H19N3O3/c1-4-9-8(6-14(3)13-9)5-12-7-11(2,17)10(15)16/h6,12,17H,4-5,7H2,1-3H3,(H,15,16). The number of hydrogen-bond donors (Lipinski definition) is 3. The van der Waals surface area contributed by atoms with Crippen LogP contribution in [0.25, 0.3) is 0 Å². The fraction of sp³-hybridized carbons (Fsp3) is 0.636. The van der Waals surface area contributed by atoms with Crippen molar-refractivity contribution in [2.45, 2.75) is 32.4 Å². The number of aliphatic hydroxyl groups is 1. The lowest BCUT2D eigenvalue weighted by Gasteiger charge is -2.18. The van der Waals surface area contributed by atoms with Crippen LogP contribution in [0, 0.1) is 0 Å². The lowest BCUT2D eigenvalue weighted by Crippen LogP contribution is -2.44. The predicted molar refractivity (Wildman–Crippen MR) is 62.6 cm³/mol. The maximum Gasteiger partial charge on any atom is 0.336 e. The first-order valence-electron chi connectivity index (χ1n) is 5.54. The van der Waals surface area contributed by atoms with E-state index in [1.807, 2.05) is 20.2 Å². The second-order valence-electron chi connectivity index (χ2n) is 4.31. The molecule has 0 saturated heterocycles. The summed E-state index contributed by atoms with van der Waals surface area (Å²) in [6.07, 6.45) is 2.72. The molecule has 17 heavy (non-hydrogen) atoms. The van der Waals surface area contributed by atoms with E-state index in [0.717, 1.165) is 17.7 Å². The van der Waals surface area contributed by atoms with E-state index in [1.54, 1.807) is 4.68 Å². The van der Waals surface area contributed by atoms with Crippen molar-refractivity contribution in [2.75, 3.05) is 6.54 Å². The summed E-state index contributed by atoms with van der Waals surface area (Å²) in [6, 6.07) is 0. The summed E-state index contributed by atoms with van der Waals surface area (Å²) in [4.78, 5) is 10.7. The minimum Gasteiger partial charge on any atom is -0.479 e. The van der Waals surface area contributed by atoms with Crippen molar-refractivity contribution in [3.63, 3.8) is 0 Å².